The highest BCUT2D eigenvalue weighted by molar-refractivity contribution is 6.70. The third kappa shape index (κ3) is 5.29. The highest BCUT2D eigenvalue weighted by Crippen LogP contribution is 2.45. The van der Waals surface area contributed by atoms with Gasteiger partial charge in [-0.15, -0.1) is 0 Å². The van der Waals surface area contributed by atoms with E-state index in [1.54, 1.807) is 0 Å². The predicted octanol–water partition coefficient (Wildman–Crippen LogP) is 7.36. The van der Waals surface area contributed by atoms with E-state index in [4.69, 9.17) is 8.85 Å². The van der Waals surface area contributed by atoms with Crippen molar-refractivity contribution in [1.29, 1.82) is 0 Å². The topological polar surface area (TPSA) is 18.5 Å². The summed E-state index contributed by atoms with van der Waals surface area (Å²) in [5.41, 5.74) is 2.97. The molecule has 0 atom stereocenters. The average Bonchev–Trinajstić information content (AvgIpc) is 2.61. The zero-order valence-electron chi connectivity index (χ0n) is 18.5. The Kier molecular flexibility index (Phi) is 6.11. The van der Waals surface area contributed by atoms with Gasteiger partial charge in [0.15, 0.2) is 0 Å². The minimum Gasteiger partial charge on any atom is -0.544 e. The monoisotopic (exact) mass is 412 g/mol. The van der Waals surface area contributed by atoms with Crippen LogP contribution in [0.3, 0.4) is 0 Å². The van der Waals surface area contributed by atoms with Crippen molar-refractivity contribution in [2.45, 2.75) is 76.8 Å². The van der Waals surface area contributed by atoms with Gasteiger partial charge in [-0.3, -0.25) is 0 Å². The fourth-order valence-electron chi connectivity index (χ4n) is 4.29. The van der Waals surface area contributed by atoms with Gasteiger partial charge in [-0.25, -0.2) is 0 Å². The van der Waals surface area contributed by atoms with Gasteiger partial charge >= 0.3 is 0 Å². The molecule has 1 aliphatic rings. The van der Waals surface area contributed by atoms with Crippen LogP contribution in [0.2, 0.25) is 39.3 Å². The van der Waals surface area contributed by atoms with Crippen molar-refractivity contribution >= 4 is 16.6 Å². The van der Waals surface area contributed by atoms with Gasteiger partial charge in [0.1, 0.15) is 11.5 Å². The molecule has 4 heteroatoms. The summed E-state index contributed by atoms with van der Waals surface area (Å²) in [6, 6.07) is 17.9. The van der Waals surface area contributed by atoms with Gasteiger partial charge in [-0.2, -0.15) is 0 Å². The SMILES string of the molecule is C[Si](C)(C)Oc1ccc(C2(c3ccc(O[Si](C)(C)C)cc3)CCCCC2)cc1. The molecule has 1 aliphatic carbocycles. The highest BCUT2D eigenvalue weighted by atomic mass is 28.4. The number of benzene rings is 2. The second-order valence-corrected chi connectivity index (χ2v) is 19.0. The summed E-state index contributed by atoms with van der Waals surface area (Å²) in [4.78, 5) is 0. The van der Waals surface area contributed by atoms with Crippen LogP contribution in [0.4, 0.5) is 0 Å². The Morgan fingerprint density at radius 3 is 1.25 bits per heavy atom. The molecular formula is C24H36O2Si2. The largest absolute Gasteiger partial charge is 0.544 e. The summed E-state index contributed by atoms with van der Waals surface area (Å²) in [7, 11) is -3.15. The first-order valence-corrected chi connectivity index (χ1v) is 17.5. The van der Waals surface area contributed by atoms with Crippen molar-refractivity contribution in [2.75, 3.05) is 0 Å². The summed E-state index contributed by atoms with van der Waals surface area (Å²) >= 11 is 0. The van der Waals surface area contributed by atoms with Crippen LogP contribution in [-0.2, 0) is 5.41 Å². The molecule has 0 heterocycles. The van der Waals surface area contributed by atoms with Gasteiger partial charge in [-0.1, -0.05) is 43.5 Å². The summed E-state index contributed by atoms with van der Waals surface area (Å²) in [6.45, 7) is 13.4. The molecular weight excluding hydrogens is 376 g/mol. The first-order chi connectivity index (χ1) is 13.1. The highest BCUT2D eigenvalue weighted by Gasteiger charge is 2.35. The molecule has 0 radical (unpaired) electrons. The van der Waals surface area contributed by atoms with E-state index in [9.17, 15) is 0 Å². The van der Waals surface area contributed by atoms with Crippen LogP contribution in [0, 0.1) is 0 Å². The normalized spacial score (nSPS) is 17.2. The molecule has 0 aromatic heterocycles. The van der Waals surface area contributed by atoms with Gasteiger partial charge in [0, 0.05) is 5.41 Å². The van der Waals surface area contributed by atoms with Gasteiger partial charge in [0.2, 0.25) is 16.6 Å². The molecule has 3 rings (SSSR count). The Morgan fingerprint density at radius 2 is 0.929 bits per heavy atom. The molecule has 2 aromatic carbocycles. The number of hydrogen-bond acceptors (Lipinski definition) is 2. The Balaban J connectivity index is 1.91. The van der Waals surface area contributed by atoms with E-state index in [0.29, 0.717) is 0 Å². The fourth-order valence-corrected chi connectivity index (χ4v) is 5.98. The van der Waals surface area contributed by atoms with Crippen LogP contribution in [0.5, 0.6) is 11.5 Å². The third-order valence-electron chi connectivity index (χ3n) is 5.37. The molecule has 2 aromatic rings. The smallest absolute Gasteiger partial charge is 0.242 e. The molecule has 0 unspecified atom stereocenters. The van der Waals surface area contributed by atoms with Crippen LogP contribution in [0.25, 0.3) is 0 Å². The predicted molar refractivity (Wildman–Crippen MR) is 125 cm³/mol. The van der Waals surface area contributed by atoms with E-state index in [1.807, 2.05) is 0 Å². The molecule has 0 aliphatic heterocycles. The van der Waals surface area contributed by atoms with Crippen LogP contribution < -0.4 is 8.85 Å². The minimum atomic E-state index is -1.57. The molecule has 0 N–H and O–H groups in total. The summed E-state index contributed by atoms with van der Waals surface area (Å²) in [5, 5.41) is 0. The van der Waals surface area contributed by atoms with Crippen molar-refractivity contribution < 1.29 is 8.85 Å². The molecule has 152 valence electrons. The van der Waals surface area contributed by atoms with E-state index in [1.165, 1.54) is 43.2 Å². The molecule has 0 spiro atoms. The first kappa shape index (κ1) is 21.2. The molecule has 28 heavy (non-hydrogen) atoms. The fraction of sp³-hybridized carbons (Fsp3) is 0.500. The minimum absolute atomic E-state index is 0.119. The maximum Gasteiger partial charge on any atom is 0.242 e. The lowest BCUT2D eigenvalue weighted by molar-refractivity contribution is 0.345. The second kappa shape index (κ2) is 8.07. The van der Waals surface area contributed by atoms with E-state index in [2.05, 4.69) is 87.8 Å². The summed E-state index contributed by atoms with van der Waals surface area (Å²) in [5.74, 6) is 2.01. The van der Waals surface area contributed by atoms with Crippen molar-refractivity contribution in [3.8, 4) is 11.5 Å². The van der Waals surface area contributed by atoms with Crippen molar-refractivity contribution in [3.05, 3.63) is 59.7 Å². The lowest BCUT2D eigenvalue weighted by Crippen LogP contribution is -2.31. The molecule has 0 amide bonds. The molecule has 1 saturated carbocycles. The average molecular weight is 413 g/mol. The lowest BCUT2D eigenvalue weighted by atomic mass is 9.65. The van der Waals surface area contributed by atoms with Gasteiger partial charge < -0.3 is 8.85 Å². The lowest BCUT2D eigenvalue weighted by Gasteiger charge is -2.39. The molecule has 2 nitrogen and oxygen atoms in total. The maximum atomic E-state index is 6.17. The van der Waals surface area contributed by atoms with Gasteiger partial charge in [0.05, 0.1) is 0 Å². The second-order valence-electron chi connectivity index (χ2n) is 10.1. The van der Waals surface area contributed by atoms with Crippen molar-refractivity contribution in [1.82, 2.24) is 0 Å². The first-order valence-electron chi connectivity index (χ1n) is 10.7. The van der Waals surface area contributed by atoms with Crippen LogP contribution in [-0.4, -0.2) is 16.6 Å². The zero-order chi connectivity index (χ0) is 20.4. The Hall–Kier alpha value is -1.53. The summed E-state index contributed by atoms with van der Waals surface area (Å²) in [6.07, 6.45) is 6.36. The van der Waals surface area contributed by atoms with E-state index in [0.717, 1.165) is 11.5 Å². The molecule has 0 saturated heterocycles. The van der Waals surface area contributed by atoms with Crippen LogP contribution >= 0.6 is 0 Å². The number of hydrogen-bond donors (Lipinski definition) is 0. The van der Waals surface area contributed by atoms with Crippen molar-refractivity contribution in [2.24, 2.45) is 0 Å². The standard InChI is InChI=1S/C24H36O2Si2/c1-27(2,3)25-22-14-10-20(11-15-22)24(18-8-7-9-19-24)21-12-16-23(17-13-21)26-28(4,5)6/h10-17H,7-9,18-19H2,1-6H3. The molecule has 1 fully saturated rings. The van der Waals surface area contributed by atoms with Crippen LogP contribution in [0.1, 0.15) is 43.2 Å². The summed E-state index contributed by atoms with van der Waals surface area (Å²) < 4.78 is 12.3. The zero-order valence-corrected chi connectivity index (χ0v) is 20.5. The molecule has 0 bridgehead atoms. The van der Waals surface area contributed by atoms with E-state index in [-0.39, 0.29) is 5.41 Å². The third-order valence-corrected chi connectivity index (χ3v) is 7.07. The maximum absolute atomic E-state index is 6.17. The Labute approximate surface area is 173 Å². The van der Waals surface area contributed by atoms with E-state index < -0.39 is 16.6 Å². The van der Waals surface area contributed by atoms with Gasteiger partial charge in [-0.05, 0) is 87.5 Å². The van der Waals surface area contributed by atoms with Crippen LogP contribution in [0.15, 0.2) is 48.5 Å². The van der Waals surface area contributed by atoms with Gasteiger partial charge in [0.25, 0.3) is 0 Å². The number of rotatable bonds is 6. The van der Waals surface area contributed by atoms with E-state index >= 15 is 0 Å². The Morgan fingerprint density at radius 1 is 0.571 bits per heavy atom. The quantitative estimate of drug-likeness (QED) is 0.461. The Bertz CT molecular complexity index is 701. The van der Waals surface area contributed by atoms with Crippen molar-refractivity contribution in [3.63, 3.8) is 0 Å².